The van der Waals surface area contributed by atoms with Crippen LogP contribution < -0.4 is 24.4 Å². The molecule has 0 saturated carbocycles. The van der Waals surface area contributed by atoms with Gasteiger partial charge in [0.15, 0.2) is 16.3 Å². The van der Waals surface area contributed by atoms with Gasteiger partial charge in [-0.1, -0.05) is 27.3 Å². The maximum atomic E-state index is 13.8. The Morgan fingerprint density at radius 2 is 1.86 bits per heavy atom. The highest BCUT2D eigenvalue weighted by atomic mass is 127. The van der Waals surface area contributed by atoms with Crippen molar-refractivity contribution in [1.82, 2.24) is 4.57 Å². The fourth-order valence-corrected chi connectivity index (χ4v) is 7.07. The van der Waals surface area contributed by atoms with Crippen LogP contribution in [0.2, 0.25) is 0 Å². The molecule has 1 aliphatic rings. The number of phenolic OH excluding ortho intramolecular Hbond substituents is 1. The predicted molar refractivity (Wildman–Crippen MR) is 156 cm³/mol. The number of aromatic hydroxyl groups is 1. The smallest absolute Gasteiger partial charge is 0.338 e. The van der Waals surface area contributed by atoms with Gasteiger partial charge in [0.2, 0.25) is 0 Å². The molecule has 8 nitrogen and oxygen atoms in total. The van der Waals surface area contributed by atoms with Crippen molar-refractivity contribution in [2.75, 3.05) is 20.8 Å². The van der Waals surface area contributed by atoms with E-state index in [-0.39, 0.29) is 23.5 Å². The zero-order chi connectivity index (χ0) is 27.0. The van der Waals surface area contributed by atoms with Crippen molar-refractivity contribution < 1.29 is 24.1 Å². The number of rotatable bonds is 6. The molecule has 0 radical (unpaired) electrons. The summed E-state index contributed by atoms with van der Waals surface area (Å²) in [6.45, 7) is 3.63. The van der Waals surface area contributed by atoms with Gasteiger partial charge in [-0.15, -0.1) is 0 Å². The summed E-state index contributed by atoms with van der Waals surface area (Å²) < 4.78 is 20.0. The van der Waals surface area contributed by atoms with Gasteiger partial charge in [-0.3, -0.25) is 9.36 Å². The highest BCUT2D eigenvalue weighted by Gasteiger charge is 2.35. The van der Waals surface area contributed by atoms with Crippen molar-refractivity contribution >= 4 is 77.8 Å². The normalized spacial score (nSPS) is 15.3. The third-order valence-electron chi connectivity index (χ3n) is 5.65. The minimum Gasteiger partial charge on any atom is -0.506 e. The van der Waals surface area contributed by atoms with E-state index in [1.165, 1.54) is 30.1 Å². The van der Waals surface area contributed by atoms with Crippen molar-refractivity contribution in [3.63, 3.8) is 0 Å². The number of esters is 1. The largest absolute Gasteiger partial charge is 0.506 e. The highest BCUT2D eigenvalue weighted by Crippen LogP contribution is 2.40. The Kier molecular flexibility index (Phi) is 8.51. The monoisotopic (exact) mass is 762 g/mol. The molecule has 1 aliphatic heterocycles. The molecule has 0 amide bonds. The maximum Gasteiger partial charge on any atom is 0.338 e. The first-order valence-corrected chi connectivity index (χ1v) is 14.4. The van der Waals surface area contributed by atoms with Gasteiger partial charge in [-0.05, 0) is 93.8 Å². The molecule has 1 aromatic heterocycles. The summed E-state index contributed by atoms with van der Waals surface area (Å²) in [5.41, 5.74) is 1.74. The third kappa shape index (κ3) is 5.25. The van der Waals surface area contributed by atoms with Gasteiger partial charge in [0, 0.05) is 4.47 Å². The van der Waals surface area contributed by atoms with Crippen LogP contribution >= 0.6 is 65.8 Å². The summed E-state index contributed by atoms with van der Waals surface area (Å²) in [5, 5.41) is 10.1. The number of hydrogen-bond acceptors (Lipinski definition) is 8. The molecule has 0 aliphatic carbocycles. The lowest BCUT2D eigenvalue weighted by atomic mass is 9.95. The number of phenols is 1. The van der Waals surface area contributed by atoms with Gasteiger partial charge in [0.25, 0.3) is 5.56 Å². The number of nitrogens with zero attached hydrogens (tertiary/aromatic N) is 2. The minimum atomic E-state index is -0.821. The quantitative estimate of drug-likeness (QED) is 0.290. The maximum absolute atomic E-state index is 13.8. The van der Waals surface area contributed by atoms with Crippen molar-refractivity contribution in [1.29, 1.82) is 0 Å². The molecule has 37 heavy (non-hydrogen) atoms. The van der Waals surface area contributed by atoms with E-state index in [0.717, 1.165) is 5.56 Å². The summed E-state index contributed by atoms with van der Waals surface area (Å²) in [6.07, 6.45) is 1.74. The second-order valence-electron chi connectivity index (χ2n) is 7.86. The van der Waals surface area contributed by atoms with Crippen LogP contribution in [-0.4, -0.2) is 36.5 Å². The highest BCUT2D eigenvalue weighted by molar-refractivity contribution is 14.1. The number of thiazole rings is 1. The number of allylic oxidation sites excluding steroid dienone is 1. The molecular weight excluding hydrogens is 743 g/mol. The molecule has 12 heteroatoms. The molecule has 0 fully saturated rings. The number of benzene rings is 2. The molecule has 194 valence electrons. The number of hydrogen-bond donors (Lipinski definition) is 1. The number of aromatic nitrogens is 1. The Balaban J connectivity index is 2.02. The summed E-state index contributed by atoms with van der Waals surface area (Å²) in [4.78, 5) is 32.0. The second-order valence-corrected chi connectivity index (χ2v) is 11.7. The molecule has 0 unspecified atom stereocenters. The van der Waals surface area contributed by atoms with Gasteiger partial charge in [0.05, 0.1) is 50.7 Å². The Morgan fingerprint density at radius 3 is 2.49 bits per heavy atom. The van der Waals surface area contributed by atoms with E-state index in [2.05, 4.69) is 36.9 Å². The molecule has 3 aromatic rings. The lowest BCUT2D eigenvalue weighted by Crippen LogP contribution is -2.40. The molecular formula is C25H21Br2IN2O6S. The first-order chi connectivity index (χ1) is 17.6. The lowest BCUT2D eigenvalue weighted by molar-refractivity contribution is -0.139. The standard InChI is InChI=1S/C25H21Br2IN2O6S/c1-5-36-24(33)20-11(2)29-25-30(21(20)13-9-17(34-3)18(35-4)10-14(13)26)23(32)19(37-25)8-12-6-15(27)22(31)16(28)7-12/h6-10,21,31H,5H2,1-4H3/b19-8-/t21-/m0/s1. The topological polar surface area (TPSA) is 99.4 Å². The number of halogens is 3. The van der Waals surface area contributed by atoms with Crippen molar-refractivity contribution in [3.05, 3.63) is 78.9 Å². The van der Waals surface area contributed by atoms with Gasteiger partial charge < -0.3 is 19.3 Å². The van der Waals surface area contributed by atoms with E-state index < -0.39 is 12.0 Å². The van der Waals surface area contributed by atoms with E-state index in [4.69, 9.17) is 14.2 Å². The van der Waals surface area contributed by atoms with Crippen LogP contribution in [0.3, 0.4) is 0 Å². The van der Waals surface area contributed by atoms with Gasteiger partial charge in [0.1, 0.15) is 5.75 Å². The minimum absolute atomic E-state index is 0.132. The third-order valence-corrected chi connectivity index (χ3v) is 8.75. The number of carbonyl (C=O) groups is 1. The number of fused-ring (bicyclic) bond motifs is 1. The fourth-order valence-electron chi connectivity index (χ4n) is 3.99. The Hall–Kier alpha value is -2.16. The van der Waals surface area contributed by atoms with Crippen LogP contribution in [0.1, 0.15) is 31.0 Å². The molecule has 2 heterocycles. The second kappa shape index (κ2) is 11.3. The van der Waals surface area contributed by atoms with Gasteiger partial charge in [-0.25, -0.2) is 9.79 Å². The van der Waals surface area contributed by atoms with Crippen LogP contribution in [0.4, 0.5) is 0 Å². The van der Waals surface area contributed by atoms with Crippen LogP contribution in [0, 0.1) is 3.57 Å². The van der Waals surface area contributed by atoms with Crippen molar-refractivity contribution in [2.24, 2.45) is 4.99 Å². The summed E-state index contributed by atoms with van der Waals surface area (Å²) in [5.74, 6) is 0.523. The van der Waals surface area contributed by atoms with Crippen molar-refractivity contribution in [2.45, 2.75) is 19.9 Å². The van der Waals surface area contributed by atoms with E-state index in [1.807, 2.05) is 22.6 Å². The Labute approximate surface area is 246 Å². The zero-order valence-electron chi connectivity index (χ0n) is 20.1. The summed E-state index contributed by atoms with van der Waals surface area (Å²) >= 11 is 10.2. The lowest BCUT2D eigenvalue weighted by Gasteiger charge is -2.26. The number of methoxy groups -OCH3 is 2. The van der Waals surface area contributed by atoms with Crippen LogP contribution in [0.5, 0.6) is 17.2 Å². The molecule has 1 N–H and O–H groups in total. The van der Waals surface area contributed by atoms with E-state index in [9.17, 15) is 14.7 Å². The zero-order valence-corrected chi connectivity index (χ0v) is 26.2. The Bertz CT molecular complexity index is 1610. The van der Waals surface area contributed by atoms with Gasteiger partial charge in [-0.2, -0.15) is 0 Å². The van der Waals surface area contributed by atoms with Crippen LogP contribution in [-0.2, 0) is 9.53 Å². The molecule has 2 aromatic carbocycles. The van der Waals surface area contributed by atoms with Crippen LogP contribution in [0.15, 0.2) is 54.3 Å². The average molecular weight is 764 g/mol. The average Bonchev–Trinajstić information content (AvgIpc) is 3.15. The SMILES string of the molecule is CCOC(=O)C1=C(C)N=c2s/c(=C\c3cc(Br)c(O)c(I)c3)c(=O)n2[C@H]1c1cc(OC)c(OC)cc1Br. The molecule has 4 rings (SSSR count). The van der Waals surface area contributed by atoms with Gasteiger partial charge >= 0.3 is 5.97 Å². The molecule has 1 atom stereocenters. The summed E-state index contributed by atoms with van der Waals surface area (Å²) in [6, 6.07) is 6.16. The molecule has 0 saturated heterocycles. The summed E-state index contributed by atoms with van der Waals surface area (Å²) in [7, 11) is 3.05. The van der Waals surface area contributed by atoms with E-state index in [0.29, 0.717) is 44.6 Å². The Morgan fingerprint density at radius 1 is 1.19 bits per heavy atom. The van der Waals surface area contributed by atoms with E-state index >= 15 is 0 Å². The molecule has 0 spiro atoms. The number of ether oxygens (including phenoxy) is 3. The molecule has 0 bridgehead atoms. The first-order valence-electron chi connectivity index (χ1n) is 10.9. The van der Waals surface area contributed by atoms with E-state index in [1.54, 1.807) is 44.2 Å². The predicted octanol–water partition coefficient (Wildman–Crippen LogP) is 4.65. The fraction of sp³-hybridized carbons (Fsp3) is 0.240. The van der Waals surface area contributed by atoms with Crippen molar-refractivity contribution in [3.8, 4) is 17.2 Å². The van der Waals surface area contributed by atoms with Crippen LogP contribution in [0.25, 0.3) is 6.08 Å². The number of carbonyl (C=O) groups excluding carboxylic acids is 1. The first kappa shape index (κ1) is 27.9.